The maximum Gasteiger partial charge on any atom is 0.00127 e. The van der Waals surface area contributed by atoms with Gasteiger partial charge in [-0.05, 0) is 50.8 Å². The topological polar surface area (TPSA) is 3.24 Å². The average molecular weight is 231 g/mol. The van der Waals surface area contributed by atoms with Gasteiger partial charge in [0.05, 0.1) is 0 Å². The molecule has 0 aliphatic carbocycles. The molecule has 1 aliphatic rings. The van der Waals surface area contributed by atoms with Crippen LogP contribution < -0.4 is 0 Å². The van der Waals surface area contributed by atoms with Gasteiger partial charge in [0, 0.05) is 6.54 Å². The highest BCUT2D eigenvalue weighted by atomic mass is 15.1. The summed E-state index contributed by atoms with van der Waals surface area (Å²) in [6.07, 6.45) is 5.35. The van der Waals surface area contributed by atoms with Crippen molar-refractivity contribution in [3.05, 3.63) is 35.4 Å². The second-order valence-corrected chi connectivity index (χ2v) is 5.47. The Morgan fingerprint density at radius 3 is 2.35 bits per heavy atom. The number of hydrogen-bond donors (Lipinski definition) is 0. The molecule has 1 fully saturated rings. The molecule has 1 aromatic rings. The summed E-state index contributed by atoms with van der Waals surface area (Å²) in [7, 11) is 0. The molecule has 1 heteroatoms. The van der Waals surface area contributed by atoms with Crippen molar-refractivity contribution in [2.75, 3.05) is 19.6 Å². The Labute approximate surface area is 106 Å². The molecule has 0 amide bonds. The molecule has 1 unspecified atom stereocenters. The third kappa shape index (κ3) is 3.85. The van der Waals surface area contributed by atoms with E-state index in [1.54, 1.807) is 0 Å². The van der Waals surface area contributed by atoms with Crippen LogP contribution in [0.2, 0.25) is 0 Å². The van der Waals surface area contributed by atoms with Crippen molar-refractivity contribution < 1.29 is 0 Å². The Morgan fingerprint density at radius 1 is 1.12 bits per heavy atom. The van der Waals surface area contributed by atoms with Crippen molar-refractivity contribution >= 4 is 0 Å². The summed E-state index contributed by atoms with van der Waals surface area (Å²) in [4.78, 5) is 2.64. The van der Waals surface area contributed by atoms with Crippen LogP contribution in [0.25, 0.3) is 0 Å². The third-order valence-electron chi connectivity index (χ3n) is 3.94. The summed E-state index contributed by atoms with van der Waals surface area (Å²) in [5.41, 5.74) is 2.86. The molecule has 0 spiro atoms. The Hall–Kier alpha value is -0.820. The quantitative estimate of drug-likeness (QED) is 0.747. The normalized spacial score (nSPS) is 18.5. The van der Waals surface area contributed by atoms with Gasteiger partial charge in [-0.1, -0.05) is 43.2 Å². The molecular weight excluding hydrogens is 206 g/mol. The van der Waals surface area contributed by atoms with E-state index in [9.17, 15) is 0 Å². The highest BCUT2D eigenvalue weighted by Gasteiger charge is 2.16. The molecule has 1 atom stereocenters. The van der Waals surface area contributed by atoms with Gasteiger partial charge in [-0.3, -0.25) is 0 Å². The Bertz CT molecular complexity index is 322. The van der Waals surface area contributed by atoms with Crippen molar-refractivity contribution in [3.8, 4) is 0 Å². The molecule has 1 nitrogen and oxygen atoms in total. The fourth-order valence-corrected chi connectivity index (χ4v) is 2.73. The summed E-state index contributed by atoms with van der Waals surface area (Å²) < 4.78 is 0. The molecule has 1 aromatic carbocycles. The van der Waals surface area contributed by atoms with E-state index in [-0.39, 0.29) is 0 Å². The number of nitrogens with zero attached hydrogens (tertiary/aromatic N) is 1. The van der Waals surface area contributed by atoms with Crippen molar-refractivity contribution in [3.63, 3.8) is 0 Å². The van der Waals surface area contributed by atoms with E-state index in [0.29, 0.717) is 0 Å². The summed E-state index contributed by atoms with van der Waals surface area (Å²) in [5.74, 6) is 0.829. The Morgan fingerprint density at radius 2 is 1.76 bits per heavy atom. The summed E-state index contributed by atoms with van der Waals surface area (Å²) >= 11 is 0. The minimum absolute atomic E-state index is 0.829. The lowest BCUT2D eigenvalue weighted by Gasteiger charge is -2.22. The smallest absolute Gasteiger partial charge is 0.00127 e. The van der Waals surface area contributed by atoms with Crippen LogP contribution in [0.15, 0.2) is 24.3 Å². The standard InChI is InChI=1S/C16H25N/c1-3-15(13-17-10-4-5-11-17)12-16-8-6-14(2)7-9-16/h6-9,15H,3-5,10-13H2,1-2H3. The van der Waals surface area contributed by atoms with Crippen molar-refractivity contribution in [2.45, 2.75) is 39.5 Å². The summed E-state index contributed by atoms with van der Waals surface area (Å²) in [6.45, 7) is 8.43. The molecule has 17 heavy (non-hydrogen) atoms. The van der Waals surface area contributed by atoms with E-state index in [1.807, 2.05) is 0 Å². The van der Waals surface area contributed by atoms with Gasteiger partial charge in [-0.15, -0.1) is 0 Å². The zero-order valence-electron chi connectivity index (χ0n) is 11.3. The first-order valence-corrected chi connectivity index (χ1v) is 7.06. The number of hydrogen-bond acceptors (Lipinski definition) is 1. The molecule has 0 radical (unpaired) electrons. The minimum atomic E-state index is 0.829. The van der Waals surface area contributed by atoms with E-state index in [2.05, 4.69) is 43.0 Å². The fraction of sp³-hybridized carbons (Fsp3) is 0.625. The monoisotopic (exact) mass is 231 g/mol. The number of benzene rings is 1. The molecule has 0 aromatic heterocycles. The van der Waals surface area contributed by atoms with Crippen LogP contribution in [0, 0.1) is 12.8 Å². The predicted octanol–water partition coefficient (Wildman–Crippen LogP) is 3.66. The van der Waals surface area contributed by atoms with Crippen molar-refractivity contribution in [2.24, 2.45) is 5.92 Å². The first kappa shape index (κ1) is 12.6. The minimum Gasteiger partial charge on any atom is -0.303 e. The zero-order chi connectivity index (χ0) is 12.1. The van der Waals surface area contributed by atoms with Crippen LogP contribution >= 0.6 is 0 Å². The van der Waals surface area contributed by atoms with Crippen LogP contribution in [0.3, 0.4) is 0 Å². The van der Waals surface area contributed by atoms with Gasteiger partial charge in [0.15, 0.2) is 0 Å². The molecule has 0 saturated carbocycles. The summed E-state index contributed by atoms with van der Waals surface area (Å²) in [6, 6.07) is 9.06. The predicted molar refractivity (Wildman–Crippen MR) is 74.3 cm³/mol. The van der Waals surface area contributed by atoms with E-state index in [0.717, 1.165) is 5.92 Å². The number of likely N-dealkylation sites (tertiary alicyclic amines) is 1. The van der Waals surface area contributed by atoms with Crippen molar-refractivity contribution in [1.82, 2.24) is 4.90 Å². The molecule has 1 aliphatic heterocycles. The third-order valence-corrected chi connectivity index (χ3v) is 3.94. The lowest BCUT2D eigenvalue weighted by molar-refractivity contribution is 0.271. The average Bonchev–Trinajstić information content (AvgIpc) is 2.84. The fourth-order valence-electron chi connectivity index (χ4n) is 2.73. The van der Waals surface area contributed by atoms with Gasteiger partial charge in [0.1, 0.15) is 0 Å². The van der Waals surface area contributed by atoms with Gasteiger partial charge in [-0.25, -0.2) is 0 Å². The van der Waals surface area contributed by atoms with Crippen LogP contribution in [-0.2, 0) is 6.42 Å². The highest BCUT2D eigenvalue weighted by Crippen LogP contribution is 2.17. The lowest BCUT2D eigenvalue weighted by Crippen LogP contribution is -2.27. The lowest BCUT2D eigenvalue weighted by atomic mass is 9.96. The van der Waals surface area contributed by atoms with Crippen LogP contribution in [0.1, 0.15) is 37.3 Å². The number of aryl methyl sites for hydroxylation is 1. The molecule has 0 N–H and O–H groups in total. The molecule has 0 bridgehead atoms. The van der Waals surface area contributed by atoms with E-state index in [4.69, 9.17) is 0 Å². The first-order valence-electron chi connectivity index (χ1n) is 7.06. The van der Waals surface area contributed by atoms with Gasteiger partial charge < -0.3 is 4.90 Å². The maximum absolute atomic E-state index is 2.64. The largest absolute Gasteiger partial charge is 0.303 e. The second kappa shape index (κ2) is 6.20. The van der Waals surface area contributed by atoms with E-state index in [1.165, 1.54) is 56.4 Å². The van der Waals surface area contributed by atoms with Crippen LogP contribution in [0.4, 0.5) is 0 Å². The SMILES string of the molecule is CCC(Cc1ccc(C)cc1)CN1CCCC1. The molecule has 2 rings (SSSR count). The zero-order valence-corrected chi connectivity index (χ0v) is 11.3. The van der Waals surface area contributed by atoms with E-state index < -0.39 is 0 Å². The summed E-state index contributed by atoms with van der Waals surface area (Å²) in [5, 5.41) is 0. The molecule has 1 heterocycles. The maximum atomic E-state index is 2.64. The Kier molecular flexibility index (Phi) is 4.61. The van der Waals surface area contributed by atoms with Gasteiger partial charge in [-0.2, -0.15) is 0 Å². The highest BCUT2D eigenvalue weighted by molar-refractivity contribution is 5.21. The second-order valence-electron chi connectivity index (χ2n) is 5.47. The van der Waals surface area contributed by atoms with Crippen LogP contribution in [-0.4, -0.2) is 24.5 Å². The van der Waals surface area contributed by atoms with Gasteiger partial charge in [0.2, 0.25) is 0 Å². The Balaban J connectivity index is 1.87. The first-order chi connectivity index (χ1) is 8.28. The van der Waals surface area contributed by atoms with Crippen LogP contribution in [0.5, 0.6) is 0 Å². The van der Waals surface area contributed by atoms with Gasteiger partial charge >= 0.3 is 0 Å². The van der Waals surface area contributed by atoms with E-state index >= 15 is 0 Å². The molecule has 94 valence electrons. The van der Waals surface area contributed by atoms with Gasteiger partial charge in [0.25, 0.3) is 0 Å². The molecule has 1 saturated heterocycles. The molecular formula is C16H25N. The number of rotatable bonds is 5. The van der Waals surface area contributed by atoms with Crippen molar-refractivity contribution in [1.29, 1.82) is 0 Å².